The smallest absolute Gasteiger partial charge is 0.268 e. The van der Waals surface area contributed by atoms with Crippen molar-refractivity contribution >= 4 is 16.8 Å². The van der Waals surface area contributed by atoms with Gasteiger partial charge in [0.1, 0.15) is 5.69 Å². The van der Waals surface area contributed by atoms with E-state index in [9.17, 15) is 4.79 Å². The van der Waals surface area contributed by atoms with E-state index in [4.69, 9.17) is 4.74 Å². The monoisotopic (exact) mass is 316 g/mol. The zero-order valence-corrected chi connectivity index (χ0v) is 14.5. The van der Waals surface area contributed by atoms with Gasteiger partial charge in [0.25, 0.3) is 5.91 Å². The molecule has 0 atom stereocenters. The summed E-state index contributed by atoms with van der Waals surface area (Å²) >= 11 is 0. The van der Waals surface area contributed by atoms with Crippen LogP contribution in [0.3, 0.4) is 0 Å². The van der Waals surface area contributed by atoms with Crippen LogP contribution in [-0.2, 0) is 11.3 Å². The molecule has 1 N–H and O–H groups in total. The highest BCUT2D eigenvalue weighted by Gasteiger charge is 2.19. The Balaban J connectivity index is 2.20. The Labute approximate surface area is 138 Å². The van der Waals surface area contributed by atoms with E-state index in [1.54, 1.807) is 0 Å². The van der Waals surface area contributed by atoms with Crippen LogP contribution in [0.25, 0.3) is 10.9 Å². The number of fused-ring (bicyclic) bond motifs is 1. The Morgan fingerprint density at radius 2 is 2.00 bits per heavy atom. The number of hydrogen-bond donors (Lipinski definition) is 1. The largest absolute Gasteiger partial charge is 0.382 e. The number of ether oxygens (including phenoxy) is 1. The van der Waals surface area contributed by atoms with Crippen molar-refractivity contribution in [2.45, 2.75) is 46.6 Å². The maximum absolute atomic E-state index is 12.7. The maximum Gasteiger partial charge on any atom is 0.268 e. The average Bonchev–Trinajstić information content (AvgIpc) is 2.85. The number of carbonyl (C=O) groups is 1. The molecule has 0 radical (unpaired) electrons. The molecule has 0 fully saturated rings. The molecule has 2 aromatic rings. The van der Waals surface area contributed by atoms with Crippen molar-refractivity contribution < 1.29 is 9.53 Å². The van der Waals surface area contributed by atoms with Crippen LogP contribution >= 0.6 is 0 Å². The number of aromatic nitrogens is 1. The van der Waals surface area contributed by atoms with Gasteiger partial charge in [-0.05, 0) is 38.3 Å². The summed E-state index contributed by atoms with van der Waals surface area (Å²) in [7, 11) is 0. The number of unbranched alkanes of at least 4 members (excludes halogenated alkanes) is 1. The second-order valence-corrected chi connectivity index (χ2v) is 5.80. The van der Waals surface area contributed by atoms with Crippen molar-refractivity contribution in [3.8, 4) is 0 Å². The van der Waals surface area contributed by atoms with Crippen molar-refractivity contribution in [1.82, 2.24) is 9.88 Å². The lowest BCUT2D eigenvalue weighted by Gasteiger charge is -2.11. The Morgan fingerprint density at radius 1 is 1.22 bits per heavy atom. The van der Waals surface area contributed by atoms with Gasteiger partial charge in [-0.3, -0.25) is 4.79 Å². The molecule has 4 heteroatoms. The van der Waals surface area contributed by atoms with E-state index < -0.39 is 0 Å². The van der Waals surface area contributed by atoms with Gasteiger partial charge in [0.05, 0.1) is 0 Å². The molecule has 126 valence electrons. The fraction of sp³-hybridized carbons (Fsp3) is 0.526. The van der Waals surface area contributed by atoms with Crippen molar-refractivity contribution in [2.24, 2.45) is 0 Å². The molecule has 2 rings (SSSR count). The molecule has 1 aromatic heterocycles. The van der Waals surface area contributed by atoms with Gasteiger partial charge in [0.15, 0.2) is 0 Å². The number of nitrogens with one attached hydrogen (secondary N) is 1. The standard InChI is InChI=1S/C19H28N2O2/c1-4-6-13-21-17-11-8-7-10-16(17)15(3)18(21)19(22)20-12-9-14-23-5-2/h7-8,10-11H,4-6,9,12-14H2,1-3H3,(H,20,22). The highest BCUT2D eigenvalue weighted by Crippen LogP contribution is 2.26. The number of hydrogen-bond acceptors (Lipinski definition) is 2. The maximum atomic E-state index is 12.7. The van der Waals surface area contributed by atoms with E-state index in [1.165, 1.54) is 5.39 Å². The molecular weight excluding hydrogens is 288 g/mol. The third-order valence-electron chi connectivity index (χ3n) is 4.13. The summed E-state index contributed by atoms with van der Waals surface area (Å²) in [4.78, 5) is 12.7. The summed E-state index contributed by atoms with van der Waals surface area (Å²) < 4.78 is 7.49. The Morgan fingerprint density at radius 3 is 2.74 bits per heavy atom. The summed E-state index contributed by atoms with van der Waals surface area (Å²) in [6, 6.07) is 8.26. The van der Waals surface area contributed by atoms with E-state index in [0.29, 0.717) is 13.2 Å². The SMILES string of the molecule is CCCCn1c(C(=O)NCCCOCC)c(C)c2ccccc21. The lowest BCUT2D eigenvalue weighted by Crippen LogP contribution is -2.28. The van der Waals surface area contributed by atoms with Crippen LogP contribution in [-0.4, -0.2) is 30.2 Å². The van der Waals surface area contributed by atoms with Crippen LogP contribution in [0.2, 0.25) is 0 Å². The molecular formula is C19H28N2O2. The van der Waals surface area contributed by atoms with Crippen LogP contribution in [0, 0.1) is 6.92 Å². The van der Waals surface area contributed by atoms with Crippen molar-refractivity contribution in [2.75, 3.05) is 19.8 Å². The quantitative estimate of drug-likeness (QED) is 0.713. The van der Waals surface area contributed by atoms with Gasteiger partial charge in [0, 0.05) is 37.2 Å². The van der Waals surface area contributed by atoms with Crippen LogP contribution < -0.4 is 5.32 Å². The Kier molecular flexibility index (Phi) is 6.66. The van der Waals surface area contributed by atoms with E-state index in [-0.39, 0.29) is 5.91 Å². The van der Waals surface area contributed by atoms with Gasteiger partial charge >= 0.3 is 0 Å². The first-order chi connectivity index (χ1) is 11.2. The minimum Gasteiger partial charge on any atom is -0.382 e. The van der Waals surface area contributed by atoms with Crippen molar-refractivity contribution in [3.63, 3.8) is 0 Å². The molecule has 1 heterocycles. The second kappa shape index (κ2) is 8.73. The van der Waals surface area contributed by atoms with Gasteiger partial charge in [-0.1, -0.05) is 31.5 Å². The minimum atomic E-state index is 0.0197. The lowest BCUT2D eigenvalue weighted by molar-refractivity contribution is 0.0934. The first kappa shape index (κ1) is 17.5. The fourth-order valence-corrected chi connectivity index (χ4v) is 2.92. The predicted octanol–water partition coefficient (Wildman–Crippen LogP) is 3.91. The van der Waals surface area contributed by atoms with E-state index in [2.05, 4.69) is 28.9 Å². The van der Waals surface area contributed by atoms with Crippen molar-refractivity contribution in [1.29, 1.82) is 0 Å². The molecule has 0 spiro atoms. The van der Waals surface area contributed by atoms with Crippen LogP contribution in [0.15, 0.2) is 24.3 Å². The number of para-hydroxylation sites is 1. The number of carbonyl (C=O) groups excluding carboxylic acids is 1. The normalized spacial score (nSPS) is 11.1. The van der Waals surface area contributed by atoms with Crippen LogP contribution in [0.4, 0.5) is 0 Å². The fourth-order valence-electron chi connectivity index (χ4n) is 2.92. The summed E-state index contributed by atoms with van der Waals surface area (Å²) in [5, 5.41) is 4.21. The topological polar surface area (TPSA) is 43.3 Å². The van der Waals surface area contributed by atoms with Crippen LogP contribution in [0.1, 0.15) is 49.2 Å². The van der Waals surface area contributed by atoms with Gasteiger partial charge < -0.3 is 14.6 Å². The number of aryl methyl sites for hydroxylation is 2. The molecule has 1 aromatic carbocycles. The van der Waals surface area contributed by atoms with Gasteiger partial charge in [0.2, 0.25) is 0 Å². The molecule has 0 aliphatic carbocycles. The average molecular weight is 316 g/mol. The molecule has 0 aliphatic rings. The number of rotatable bonds is 9. The second-order valence-electron chi connectivity index (χ2n) is 5.80. The van der Waals surface area contributed by atoms with E-state index in [0.717, 1.165) is 49.2 Å². The van der Waals surface area contributed by atoms with Crippen LogP contribution in [0.5, 0.6) is 0 Å². The third kappa shape index (κ3) is 4.14. The molecule has 23 heavy (non-hydrogen) atoms. The predicted molar refractivity (Wildman–Crippen MR) is 95.0 cm³/mol. The first-order valence-corrected chi connectivity index (χ1v) is 8.64. The van der Waals surface area contributed by atoms with E-state index in [1.807, 2.05) is 26.0 Å². The Bertz CT molecular complexity index is 646. The summed E-state index contributed by atoms with van der Waals surface area (Å²) in [6.45, 7) is 9.13. The molecule has 1 amide bonds. The van der Waals surface area contributed by atoms with Gasteiger partial charge in [-0.2, -0.15) is 0 Å². The van der Waals surface area contributed by atoms with Gasteiger partial charge in [-0.25, -0.2) is 0 Å². The molecule has 0 saturated heterocycles. The Hall–Kier alpha value is -1.81. The summed E-state index contributed by atoms with van der Waals surface area (Å²) in [5.74, 6) is 0.0197. The molecule has 0 saturated carbocycles. The molecule has 4 nitrogen and oxygen atoms in total. The summed E-state index contributed by atoms with van der Waals surface area (Å²) in [6.07, 6.45) is 3.03. The molecule has 0 unspecified atom stereocenters. The van der Waals surface area contributed by atoms with Gasteiger partial charge in [-0.15, -0.1) is 0 Å². The highest BCUT2D eigenvalue weighted by molar-refractivity contribution is 6.01. The zero-order chi connectivity index (χ0) is 16.7. The minimum absolute atomic E-state index is 0.0197. The number of nitrogens with zero attached hydrogens (tertiary/aromatic N) is 1. The third-order valence-corrected chi connectivity index (χ3v) is 4.13. The number of amides is 1. The molecule has 0 aliphatic heterocycles. The lowest BCUT2D eigenvalue weighted by atomic mass is 10.1. The van der Waals surface area contributed by atoms with Crippen molar-refractivity contribution in [3.05, 3.63) is 35.5 Å². The van der Waals surface area contributed by atoms with E-state index >= 15 is 0 Å². The zero-order valence-electron chi connectivity index (χ0n) is 14.5. The number of benzene rings is 1. The molecule has 0 bridgehead atoms. The summed E-state index contributed by atoms with van der Waals surface area (Å²) in [5.41, 5.74) is 3.02. The first-order valence-electron chi connectivity index (χ1n) is 8.64. The highest BCUT2D eigenvalue weighted by atomic mass is 16.5.